The summed E-state index contributed by atoms with van der Waals surface area (Å²) in [5, 5.41) is 10.2. The Kier molecular flexibility index (Phi) is 5.96. The molecule has 3 aromatic carbocycles. The van der Waals surface area contributed by atoms with Crippen LogP contribution in [-0.4, -0.2) is 36.1 Å². The van der Waals surface area contributed by atoms with E-state index < -0.39 is 0 Å². The Hall–Kier alpha value is -3.45. The SMILES string of the molecule is COc1cccc([C@@H]2NC(=O)N=C[C@H]2N2N=C(c3ccc(Br)cc3)C[C@H]2c2ccccc2)c1. The lowest BCUT2D eigenvalue weighted by Gasteiger charge is -2.37. The molecule has 0 fully saturated rings. The molecule has 166 valence electrons. The van der Waals surface area contributed by atoms with E-state index in [9.17, 15) is 4.79 Å². The largest absolute Gasteiger partial charge is 0.497 e. The van der Waals surface area contributed by atoms with Crippen LogP contribution < -0.4 is 10.1 Å². The summed E-state index contributed by atoms with van der Waals surface area (Å²) in [4.78, 5) is 16.3. The van der Waals surface area contributed by atoms with Crippen LogP contribution in [0.5, 0.6) is 5.75 Å². The molecular formula is C26H23BrN4O2. The van der Waals surface area contributed by atoms with Crippen molar-refractivity contribution in [1.82, 2.24) is 10.3 Å². The van der Waals surface area contributed by atoms with Gasteiger partial charge in [-0.2, -0.15) is 5.10 Å². The number of hydrogen-bond acceptors (Lipinski definition) is 4. The molecule has 7 heteroatoms. The third-order valence-corrected chi connectivity index (χ3v) is 6.56. The number of benzene rings is 3. The molecule has 0 bridgehead atoms. The summed E-state index contributed by atoms with van der Waals surface area (Å²) < 4.78 is 6.45. The van der Waals surface area contributed by atoms with Crippen molar-refractivity contribution in [3.63, 3.8) is 0 Å². The molecule has 3 aromatic rings. The van der Waals surface area contributed by atoms with Gasteiger partial charge in [-0.15, -0.1) is 0 Å². The molecule has 5 rings (SSSR count). The second-order valence-corrected chi connectivity index (χ2v) is 8.95. The molecule has 2 aliphatic heterocycles. The van der Waals surface area contributed by atoms with E-state index in [0.717, 1.165) is 33.5 Å². The first-order valence-electron chi connectivity index (χ1n) is 10.8. The van der Waals surface area contributed by atoms with E-state index in [1.807, 2.05) is 54.6 Å². The maximum Gasteiger partial charge on any atom is 0.341 e. The van der Waals surface area contributed by atoms with E-state index >= 15 is 0 Å². The molecule has 0 radical (unpaired) electrons. The lowest BCUT2D eigenvalue weighted by atomic mass is 9.94. The molecule has 0 saturated carbocycles. The van der Waals surface area contributed by atoms with Gasteiger partial charge in [0.2, 0.25) is 0 Å². The van der Waals surface area contributed by atoms with Crippen molar-refractivity contribution >= 4 is 33.9 Å². The monoisotopic (exact) mass is 502 g/mol. The summed E-state index contributed by atoms with van der Waals surface area (Å²) in [5.74, 6) is 0.739. The highest BCUT2D eigenvalue weighted by molar-refractivity contribution is 9.10. The van der Waals surface area contributed by atoms with Crippen LogP contribution in [-0.2, 0) is 0 Å². The van der Waals surface area contributed by atoms with Gasteiger partial charge in [-0.05, 0) is 41.0 Å². The van der Waals surface area contributed by atoms with Gasteiger partial charge in [0.05, 0.1) is 24.9 Å². The molecule has 2 aliphatic rings. The van der Waals surface area contributed by atoms with Crippen molar-refractivity contribution in [2.24, 2.45) is 10.1 Å². The maximum absolute atomic E-state index is 12.2. The minimum Gasteiger partial charge on any atom is -0.497 e. The minimum absolute atomic E-state index is 0.0180. The number of carbonyl (C=O) groups excluding carboxylic acids is 1. The Labute approximate surface area is 201 Å². The van der Waals surface area contributed by atoms with Crippen LogP contribution in [0.4, 0.5) is 4.79 Å². The van der Waals surface area contributed by atoms with Crippen molar-refractivity contribution in [1.29, 1.82) is 0 Å². The zero-order valence-corrected chi connectivity index (χ0v) is 19.6. The van der Waals surface area contributed by atoms with E-state index in [1.165, 1.54) is 5.56 Å². The Morgan fingerprint density at radius 1 is 1.00 bits per heavy atom. The van der Waals surface area contributed by atoms with Gasteiger partial charge in [0.25, 0.3) is 0 Å². The van der Waals surface area contributed by atoms with E-state index in [2.05, 4.69) is 55.5 Å². The van der Waals surface area contributed by atoms with E-state index in [-0.39, 0.29) is 24.2 Å². The number of carbonyl (C=O) groups is 1. The molecule has 0 saturated heterocycles. The number of amides is 2. The molecule has 33 heavy (non-hydrogen) atoms. The Bertz CT molecular complexity index is 1210. The highest BCUT2D eigenvalue weighted by atomic mass is 79.9. The van der Waals surface area contributed by atoms with Crippen molar-refractivity contribution in [3.05, 3.63) is 100 Å². The third-order valence-electron chi connectivity index (χ3n) is 6.03. The van der Waals surface area contributed by atoms with Crippen LogP contribution >= 0.6 is 15.9 Å². The second-order valence-electron chi connectivity index (χ2n) is 8.04. The number of nitrogens with one attached hydrogen (secondary N) is 1. The van der Waals surface area contributed by atoms with Crippen LogP contribution in [0.25, 0.3) is 0 Å². The van der Waals surface area contributed by atoms with Gasteiger partial charge in [-0.25, -0.2) is 9.79 Å². The standard InChI is InChI=1S/C26H23BrN4O2/c1-33-21-9-5-8-19(14-21)25-24(16-28-26(32)29-25)31-23(18-6-3-2-4-7-18)15-22(30-31)17-10-12-20(27)13-11-17/h2-14,16,23-25H,15H2,1H3,(H,29,32)/t23-,24+,25-/m0/s1. The number of aliphatic imine (C=N–C) groups is 1. The molecule has 2 heterocycles. The Morgan fingerprint density at radius 2 is 1.76 bits per heavy atom. The predicted octanol–water partition coefficient (Wildman–Crippen LogP) is 5.51. The number of methoxy groups -OCH3 is 1. The molecule has 1 N–H and O–H groups in total. The number of nitrogens with zero attached hydrogens (tertiary/aromatic N) is 3. The first-order valence-corrected chi connectivity index (χ1v) is 11.6. The quantitative estimate of drug-likeness (QED) is 0.499. The fourth-order valence-electron chi connectivity index (χ4n) is 4.39. The zero-order chi connectivity index (χ0) is 22.8. The average molecular weight is 503 g/mol. The van der Waals surface area contributed by atoms with Crippen molar-refractivity contribution in [3.8, 4) is 5.75 Å². The van der Waals surface area contributed by atoms with Gasteiger partial charge in [-0.3, -0.25) is 5.01 Å². The molecule has 0 unspecified atom stereocenters. The first-order chi connectivity index (χ1) is 16.1. The van der Waals surface area contributed by atoms with E-state index in [0.29, 0.717) is 0 Å². The lowest BCUT2D eigenvalue weighted by molar-refractivity contribution is 0.167. The predicted molar refractivity (Wildman–Crippen MR) is 133 cm³/mol. The number of urea groups is 1. The van der Waals surface area contributed by atoms with Crippen molar-refractivity contribution in [2.45, 2.75) is 24.5 Å². The minimum atomic E-state index is -0.355. The second kappa shape index (κ2) is 9.19. The van der Waals surface area contributed by atoms with Crippen molar-refractivity contribution in [2.75, 3.05) is 7.11 Å². The highest BCUT2D eigenvalue weighted by Gasteiger charge is 2.39. The van der Waals surface area contributed by atoms with E-state index in [1.54, 1.807) is 13.3 Å². The fraction of sp³-hybridized carbons (Fsp3) is 0.192. The fourth-order valence-corrected chi connectivity index (χ4v) is 4.65. The van der Waals surface area contributed by atoms with Gasteiger partial charge >= 0.3 is 6.03 Å². The zero-order valence-electron chi connectivity index (χ0n) is 18.1. The number of hydrogen-bond donors (Lipinski definition) is 1. The summed E-state index contributed by atoms with van der Waals surface area (Å²) in [6.07, 6.45) is 2.47. The summed E-state index contributed by atoms with van der Waals surface area (Å²) in [6, 6.07) is 25.4. The molecule has 2 amide bonds. The van der Waals surface area contributed by atoms with E-state index in [4.69, 9.17) is 9.84 Å². The number of hydrazone groups is 1. The van der Waals surface area contributed by atoms with Gasteiger partial charge in [0.15, 0.2) is 0 Å². The molecule has 0 aliphatic carbocycles. The summed E-state index contributed by atoms with van der Waals surface area (Å²) in [7, 11) is 1.64. The molecular weight excluding hydrogens is 480 g/mol. The molecule has 0 spiro atoms. The van der Waals surface area contributed by atoms with Crippen molar-refractivity contribution < 1.29 is 9.53 Å². The number of rotatable bonds is 5. The van der Waals surface area contributed by atoms with Crippen LogP contribution in [0.3, 0.4) is 0 Å². The van der Waals surface area contributed by atoms with Gasteiger partial charge < -0.3 is 10.1 Å². The number of halogens is 1. The summed E-state index contributed by atoms with van der Waals surface area (Å²) in [5.41, 5.74) is 4.20. The van der Waals surface area contributed by atoms with Gasteiger partial charge in [-0.1, -0.05) is 70.5 Å². The Morgan fingerprint density at radius 3 is 2.52 bits per heavy atom. The van der Waals surface area contributed by atoms with Gasteiger partial charge in [0, 0.05) is 17.1 Å². The van der Waals surface area contributed by atoms with Crippen LogP contribution in [0.2, 0.25) is 0 Å². The van der Waals surface area contributed by atoms with Crippen LogP contribution in [0, 0.1) is 0 Å². The normalized spacial score (nSPS) is 22.1. The van der Waals surface area contributed by atoms with Crippen LogP contribution in [0.15, 0.2) is 93.4 Å². The highest BCUT2D eigenvalue weighted by Crippen LogP contribution is 2.38. The summed E-state index contributed by atoms with van der Waals surface area (Å²) >= 11 is 3.51. The first kappa shape index (κ1) is 21.4. The maximum atomic E-state index is 12.2. The summed E-state index contributed by atoms with van der Waals surface area (Å²) in [6.45, 7) is 0. The average Bonchev–Trinajstić information content (AvgIpc) is 3.30. The van der Waals surface area contributed by atoms with Gasteiger partial charge in [0.1, 0.15) is 11.8 Å². The molecule has 6 nitrogen and oxygen atoms in total. The molecule has 0 aromatic heterocycles. The smallest absolute Gasteiger partial charge is 0.341 e. The molecule has 3 atom stereocenters. The lowest BCUT2D eigenvalue weighted by Crippen LogP contribution is -2.48. The van der Waals surface area contributed by atoms with Crippen LogP contribution in [0.1, 0.15) is 35.2 Å². The third kappa shape index (κ3) is 4.41. The Balaban J connectivity index is 1.57. The number of ether oxygens (including phenoxy) is 1. The topological polar surface area (TPSA) is 66.3 Å².